The zero-order valence-corrected chi connectivity index (χ0v) is 29.0. The monoisotopic (exact) mass is 668 g/mol. The largest absolute Gasteiger partial charge is 0.484 e. The zero-order valence-electron chi connectivity index (χ0n) is 29.0. The molecule has 4 aromatic rings. The number of aliphatic hydroxyl groups excluding tert-OH is 1. The molecule has 1 saturated heterocycles. The summed E-state index contributed by atoms with van der Waals surface area (Å²) in [6, 6.07) is 12.1. The van der Waals surface area contributed by atoms with Gasteiger partial charge in [0.2, 0.25) is 5.95 Å². The highest BCUT2D eigenvalue weighted by molar-refractivity contribution is 6.05. The van der Waals surface area contributed by atoms with Crippen LogP contribution >= 0.6 is 0 Å². The normalized spacial score (nSPS) is 21.8. The lowest BCUT2D eigenvalue weighted by Crippen LogP contribution is -2.44. The Hall–Kier alpha value is -4.91. The second-order valence-electron chi connectivity index (χ2n) is 14.1. The number of piperidine rings is 1. The molecule has 4 atom stereocenters. The standard InChI is InChI=1S/C36H48N10O3/c1-23-9-8-10-24(2)46(23)35-43-42-33-16-13-26(22-45(33)35)49-30-15-14-29(27-11-6-7-12-28(27)30)40-34(48)41-32(19-31(37)36(3,4)5)39-25-20-38-44(21-25)17-18-47/h6-7,11-13,16,19-24,29-30,47H,8-10,14-15,17-18,37H2,1-5H3,(H2,39,40,41,48)/t23?,24?,29-,30?/m0/s1. The van der Waals surface area contributed by atoms with Crippen LogP contribution < -0.4 is 26.0 Å². The van der Waals surface area contributed by atoms with Crippen molar-refractivity contribution in [3.63, 3.8) is 0 Å². The molecule has 4 heterocycles. The highest BCUT2D eigenvalue weighted by Crippen LogP contribution is 2.39. The van der Waals surface area contributed by atoms with Gasteiger partial charge in [-0.3, -0.25) is 14.4 Å². The lowest BCUT2D eigenvalue weighted by atomic mass is 9.85. The lowest BCUT2D eigenvalue weighted by molar-refractivity contribution is 0.171. The van der Waals surface area contributed by atoms with E-state index < -0.39 is 6.03 Å². The molecule has 2 amide bonds. The third-order valence-corrected chi connectivity index (χ3v) is 9.40. The minimum Gasteiger partial charge on any atom is -0.484 e. The average Bonchev–Trinajstić information content (AvgIpc) is 3.68. The summed E-state index contributed by atoms with van der Waals surface area (Å²) in [4.78, 5) is 20.4. The molecule has 1 fully saturated rings. The number of amidine groups is 1. The van der Waals surface area contributed by atoms with Gasteiger partial charge in [0, 0.05) is 29.3 Å². The Kier molecular flexibility index (Phi) is 9.91. The summed E-state index contributed by atoms with van der Waals surface area (Å²) in [5, 5.41) is 28.5. The Balaban J connectivity index is 1.19. The van der Waals surface area contributed by atoms with E-state index in [9.17, 15) is 9.90 Å². The number of hydrogen-bond acceptors (Lipinski definition) is 9. The van der Waals surface area contributed by atoms with Crippen LogP contribution in [0.1, 0.15) is 90.0 Å². The molecular formula is C36H48N10O3. The molecule has 5 N–H and O–H groups in total. The number of urea groups is 1. The predicted molar refractivity (Wildman–Crippen MR) is 190 cm³/mol. The summed E-state index contributed by atoms with van der Waals surface area (Å²) >= 11 is 0. The number of benzene rings is 1. The Morgan fingerprint density at radius 1 is 1.06 bits per heavy atom. The van der Waals surface area contributed by atoms with Crippen LogP contribution in [0.25, 0.3) is 5.65 Å². The number of nitrogens with zero attached hydrogens (tertiary/aromatic N) is 7. The first-order valence-electron chi connectivity index (χ1n) is 17.2. The lowest BCUT2D eigenvalue weighted by Gasteiger charge is -2.39. The van der Waals surface area contributed by atoms with Gasteiger partial charge in [0.25, 0.3) is 0 Å². The van der Waals surface area contributed by atoms with E-state index in [0.717, 1.165) is 41.3 Å². The molecule has 3 unspecified atom stereocenters. The van der Waals surface area contributed by atoms with E-state index in [0.29, 0.717) is 42.9 Å². The molecule has 1 aromatic carbocycles. The van der Waals surface area contributed by atoms with E-state index in [4.69, 9.17) is 10.5 Å². The summed E-state index contributed by atoms with van der Waals surface area (Å²) in [5.74, 6) is 1.87. The molecule has 13 heteroatoms. The van der Waals surface area contributed by atoms with Gasteiger partial charge in [0.05, 0.1) is 37.8 Å². The minimum absolute atomic E-state index is 0.0420. The Morgan fingerprint density at radius 3 is 2.55 bits per heavy atom. The minimum atomic E-state index is -0.398. The number of ether oxygens (including phenoxy) is 1. The first-order valence-corrected chi connectivity index (χ1v) is 17.2. The predicted octanol–water partition coefficient (Wildman–Crippen LogP) is 5.56. The van der Waals surface area contributed by atoms with Crippen LogP contribution in [0.2, 0.25) is 0 Å². The van der Waals surface area contributed by atoms with Crippen molar-refractivity contribution >= 4 is 29.1 Å². The van der Waals surface area contributed by atoms with Gasteiger partial charge in [-0.05, 0) is 69.2 Å². The number of fused-ring (bicyclic) bond motifs is 2. The maximum absolute atomic E-state index is 13.5. The van der Waals surface area contributed by atoms with E-state index in [1.54, 1.807) is 23.2 Å². The van der Waals surface area contributed by atoms with Gasteiger partial charge in [0.1, 0.15) is 23.4 Å². The molecule has 3 aromatic heterocycles. The summed E-state index contributed by atoms with van der Waals surface area (Å²) in [6.07, 6.45) is 11.6. The Bertz CT molecular complexity index is 1830. The average molecular weight is 669 g/mol. The van der Waals surface area contributed by atoms with Gasteiger partial charge in [-0.25, -0.2) is 9.79 Å². The maximum atomic E-state index is 13.5. The Labute approximate surface area is 287 Å². The first-order chi connectivity index (χ1) is 23.5. The number of pyridine rings is 1. The summed E-state index contributed by atoms with van der Waals surface area (Å²) in [7, 11) is 0. The second kappa shape index (κ2) is 14.3. The molecule has 0 saturated carbocycles. The fourth-order valence-electron chi connectivity index (χ4n) is 6.65. The van der Waals surface area contributed by atoms with E-state index >= 15 is 0 Å². The van der Waals surface area contributed by atoms with E-state index in [1.807, 2.05) is 61.7 Å². The quantitative estimate of drug-likeness (QED) is 0.140. The molecule has 260 valence electrons. The number of hydrogen-bond donors (Lipinski definition) is 4. The highest BCUT2D eigenvalue weighted by Gasteiger charge is 2.31. The number of aliphatic imine (C=N–C) groups is 1. The maximum Gasteiger partial charge on any atom is 0.320 e. The summed E-state index contributed by atoms with van der Waals surface area (Å²) in [6.45, 7) is 10.8. The molecule has 13 nitrogen and oxygen atoms in total. The summed E-state index contributed by atoms with van der Waals surface area (Å²) < 4.78 is 10.3. The number of anilines is 1. The molecular weight excluding hydrogens is 620 g/mol. The van der Waals surface area contributed by atoms with Crippen LogP contribution in [0.4, 0.5) is 16.4 Å². The number of allylic oxidation sites excluding steroid dienone is 1. The molecule has 49 heavy (non-hydrogen) atoms. The molecule has 6 rings (SSSR count). The number of nitrogens with one attached hydrogen (secondary N) is 2. The SMILES string of the molecule is CC1CCCC(C)N1c1nnc2ccc(OC3CC[C@H](NC(=O)NC(C=C(N)C(C)(C)C)=Nc4cnn(CCO)c4)c4ccccc43)cn12. The van der Waals surface area contributed by atoms with Crippen LogP contribution in [0, 0.1) is 5.41 Å². The van der Waals surface area contributed by atoms with Crippen molar-refractivity contribution in [1.82, 2.24) is 35.0 Å². The van der Waals surface area contributed by atoms with Crippen molar-refractivity contribution in [3.05, 3.63) is 77.9 Å². The third kappa shape index (κ3) is 7.72. The topological polar surface area (TPSA) is 160 Å². The molecule has 1 aliphatic carbocycles. The van der Waals surface area contributed by atoms with Crippen molar-refractivity contribution in [3.8, 4) is 5.75 Å². The van der Waals surface area contributed by atoms with Gasteiger partial charge in [-0.2, -0.15) is 5.10 Å². The fourth-order valence-corrected chi connectivity index (χ4v) is 6.65. The number of rotatable bonds is 8. The molecule has 2 aliphatic rings. The van der Waals surface area contributed by atoms with Gasteiger partial charge in [-0.1, -0.05) is 45.0 Å². The van der Waals surface area contributed by atoms with Gasteiger partial charge < -0.3 is 25.8 Å². The van der Waals surface area contributed by atoms with Crippen LogP contribution in [0.15, 0.2) is 71.8 Å². The number of amides is 2. The number of carbonyl (C=O) groups excluding carboxylic acids is 1. The van der Waals surface area contributed by atoms with Crippen LogP contribution in [-0.2, 0) is 6.54 Å². The van der Waals surface area contributed by atoms with E-state index in [2.05, 4.69) is 55.7 Å². The van der Waals surface area contributed by atoms with Crippen LogP contribution in [0.3, 0.4) is 0 Å². The van der Waals surface area contributed by atoms with Crippen LogP contribution in [0.5, 0.6) is 5.75 Å². The number of nitrogens with two attached hydrogens (primary N) is 1. The zero-order chi connectivity index (χ0) is 34.7. The number of aliphatic hydroxyl groups is 1. The van der Waals surface area contributed by atoms with Crippen molar-refractivity contribution in [2.45, 2.75) is 97.5 Å². The van der Waals surface area contributed by atoms with Crippen molar-refractivity contribution < 1.29 is 14.6 Å². The van der Waals surface area contributed by atoms with Gasteiger partial charge in [0.15, 0.2) is 5.65 Å². The van der Waals surface area contributed by atoms with Crippen molar-refractivity contribution in [2.75, 3.05) is 11.5 Å². The molecule has 0 spiro atoms. The molecule has 1 aliphatic heterocycles. The summed E-state index contributed by atoms with van der Waals surface area (Å²) in [5.41, 5.74) is 9.95. The van der Waals surface area contributed by atoms with E-state index in [1.165, 1.54) is 6.42 Å². The third-order valence-electron chi connectivity index (χ3n) is 9.40. The van der Waals surface area contributed by atoms with Gasteiger partial charge in [-0.15, -0.1) is 10.2 Å². The van der Waals surface area contributed by atoms with E-state index in [-0.39, 0.29) is 30.0 Å². The Morgan fingerprint density at radius 2 is 1.82 bits per heavy atom. The van der Waals surface area contributed by atoms with Crippen molar-refractivity contribution in [1.29, 1.82) is 0 Å². The first kappa shape index (κ1) is 34.0. The highest BCUT2D eigenvalue weighted by atomic mass is 16.5. The number of aromatic nitrogens is 5. The van der Waals surface area contributed by atoms with Crippen LogP contribution in [-0.4, -0.2) is 60.0 Å². The van der Waals surface area contributed by atoms with Crippen molar-refractivity contribution in [2.24, 2.45) is 16.1 Å². The fraction of sp³-hybridized carbons (Fsp3) is 0.472. The smallest absolute Gasteiger partial charge is 0.320 e. The molecule has 0 radical (unpaired) electrons. The number of carbonyl (C=O) groups is 1. The van der Waals surface area contributed by atoms with Gasteiger partial charge >= 0.3 is 6.03 Å². The molecule has 0 bridgehead atoms. The second-order valence-corrected chi connectivity index (χ2v) is 14.1.